The van der Waals surface area contributed by atoms with Crippen molar-refractivity contribution in [3.63, 3.8) is 0 Å². The molecule has 0 aliphatic carbocycles. The van der Waals surface area contributed by atoms with Crippen LogP contribution in [0.25, 0.3) is 0 Å². The van der Waals surface area contributed by atoms with Crippen LogP contribution in [0.15, 0.2) is 10.9 Å². The van der Waals surface area contributed by atoms with Gasteiger partial charge >= 0.3 is 0 Å². The van der Waals surface area contributed by atoms with Gasteiger partial charge in [-0.05, 0) is 12.5 Å². The number of fused-ring (bicyclic) bond motifs is 1. The van der Waals surface area contributed by atoms with E-state index >= 15 is 0 Å². The van der Waals surface area contributed by atoms with E-state index in [2.05, 4.69) is 15.7 Å². The number of amides is 2. The van der Waals surface area contributed by atoms with Crippen molar-refractivity contribution >= 4 is 11.8 Å². The van der Waals surface area contributed by atoms with Crippen molar-refractivity contribution in [1.29, 1.82) is 0 Å². The summed E-state index contributed by atoms with van der Waals surface area (Å²) in [6.45, 7) is 6.29. The van der Waals surface area contributed by atoms with Gasteiger partial charge in [-0.2, -0.15) is 5.10 Å². The van der Waals surface area contributed by atoms with Gasteiger partial charge in [-0.1, -0.05) is 0 Å². The predicted octanol–water partition coefficient (Wildman–Crippen LogP) is -1.13. The lowest BCUT2D eigenvalue weighted by molar-refractivity contribution is -0.123. The minimum Gasteiger partial charge on any atom is -0.355 e. The molecule has 0 fully saturated rings. The summed E-state index contributed by atoms with van der Waals surface area (Å²) in [5, 5.41) is 9.74. The average Bonchev–Trinajstić information content (AvgIpc) is 2.50. The quantitative estimate of drug-likeness (QED) is 0.647. The van der Waals surface area contributed by atoms with Gasteiger partial charge in [0.2, 0.25) is 11.8 Å². The monoisotopic (exact) mass is 321 g/mol. The number of carbonyl (C=O) groups is 2. The van der Waals surface area contributed by atoms with Crippen LogP contribution in [0.4, 0.5) is 0 Å². The number of rotatable bonds is 6. The molecule has 0 saturated carbocycles. The SMILES string of the molecule is CCn1nc2c(cc1=O)CN(CC(=O)NCCNC(C)=O)CC2. The van der Waals surface area contributed by atoms with Crippen molar-refractivity contribution < 1.29 is 9.59 Å². The van der Waals surface area contributed by atoms with Gasteiger partial charge < -0.3 is 10.6 Å². The molecule has 0 bridgehead atoms. The molecule has 0 saturated heterocycles. The molecule has 2 N–H and O–H groups in total. The molecule has 0 spiro atoms. The molecule has 23 heavy (non-hydrogen) atoms. The van der Waals surface area contributed by atoms with E-state index in [1.165, 1.54) is 11.6 Å². The highest BCUT2D eigenvalue weighted by Crippen LogP contribution is 2.14. The number of aryl methyl sites for hydroxylation is 1. The summed E-state index contributed by atoms with van der Waals surface area (Å²) in [5.74, 6) is -0.203. The fourth-order valence-corrected chi connectivity index (χ4v) is 2.56. The van der Waals surface area contributed by atoms with Gasteiger partial charge in [0, 0.05) is 52.1 Å². The highest BCUT2D eigenvalue weighted by Gasteiger charge is 2.20. The smallest absolute Gasteiger partial charge is 0.267 e. The zero-order valence-electron chi connectivity index (χ0n) is 13.6. The van der Waals surface area contributed by atoms with Crippen molar-refractivity contribution in [2.45, 2.75) is 33.4 Å². The van der Waals surface area contributed by atoms with E-state index in [1.54, 1.807) is 6.07 Å². The zero-order valence-corrected chi connectivity index (χ0v) is 13.6. The maximum absolute atomic E-state index is 11.9. The number of nitrogens with zero attached hydrogens (tertiary/aromatic N) is 3. The summed E-state index contributed by atoms with van der Waals surface area (Å²) in [4.78, 5) is 36.5. The first-order chi connectivity index (χ1) is 11.0. The fourth-order valence-electron chi connectivity index (χ4n) is 2.56. The molecule has 126 valence electrons. The Hall–Kier alpha value is -2.22. The Bertz CT molecular complexity index is 640. The average molecular weight is 321 g/mol. The molecule has 1 aliphatic rings. The molecule has 1 aliphatic heterocycles. The number of nitrogens with one attached hydrogen (secondary N) is 2. The Labute approximate surface area is 134 Å². The Morgan fingerprint density at radius 2 is 2.04 bits per heavy atom. The molecule has 2 heterocycles. The molecule has 2 amide bonds. The molecule has 0 aromatic carbocycles. The molecule has 0 unspecified atom stereocenters. The van der Waals surface area contributed by atoms with Crippen molar-refractivity contribution in [2.24, 2.45) is 0 Å². The van der Waals surface area contributed by atoms with Crippen molar-refractivity contribution in [3.8, 4) is 0 Å². The topological polar surface area (TPSA) is 96.3 Å². The third kappa shape index (κ3) is 4.88. The van der Waals surface area contributed by atoms with Crippen LogP contribution in [-0.4, -0.2) is 52.7 Å². The van der Waals surface area contributed by atoms with Gasteiger partial charge in [-0.25, -0.2) is 4.68 Å². The fraction of sp³-hybridized carbons (Fsp3) is 0.600. The molecule has 1 aromatic heterocycles. The molecule has 8 nitrogen and oxygen atoms in total. The maximum Gasteiger partial charge on any atom is 0.267 e. The van der Waals surface area contributed by atoms with Crippen LogP contribution in [0.5, 0.6) is 0 Å². The van der Waals surface area contributed by atoms with Crippen molar-refractivity contribution in [2.75, 3.05) is 26.2 Å². The Morgan fingerprint density at radius 1 is 1.30 bits per heavy atom. The van der Waals surface area contributed by atoms with Crippen LogP contribution in [0.2, 0.25) is 0 Å². The molecular weight excluding hydrogens is 298 g/mol. The largest absolute Gasteiger partial charge is 0.355 e. The lowest BCUT2D eigenvalue weighted by atomic mass is 10.1. The standard InChI is InChI=1S/C15H23N5O3/c1-3-20-15(23)8-12-9-19(7-4-13(12)18-20)10-14(22)17-6-5-16-11(2)21/h8H,3-7,9-10H2,1-2H3,(H,16,21)(H,17,22). The summed E-state index contributed by atoms with van der Waals surface area (Å²) >= 11 is 0. The molecule has 0 atom stereocenters. The Balaban J connectivity index is 1.85. The van der Waals surface area contributed by atoms with Crippen molar-refractivity contribution in [3.05, 3.63) is 27.7 Å². The molecular formula is C15H23N5O3. The van der Waals surface area contributed by atoms with E-state index in [0.717, 1.165) is 24.2 Å². The molecule has 0 radical (unpaired) electrons. The van der Waals surface area contributed by atoms with E-state index in [-0.39, 0.29) is 23.9 Å². The number of aromatic nitrogens is 2. The second kappa shape index (κ2) is 7.87. The summed E-state index contributed by atoms with van der Waals surface area (Å²) in [6, 6.07) is 1.62. The first-order valence-corrected chi connectivity index (χ1v) is 7.83. The number of carbonyl (C=O) groups excluding carboxylic acids is 2. The zero-order chi connectivity index (χ0) is 16.8. The minimum absolute atomic E-state index is 0.0892. The van der Waals surface area contributed by atoms with Crippen LogP contribution < -0.4 is 16.2 Å². The third-order valence-electron chi connectivity index (χ3n) is 3.71. The van der Waals surface area contributed by atoms with Crippen LogP contribution in [0, 0.1) is 0 Å². The van der Waals surface area contributed by atoms with E-state index in [4.69, 9.17) is 0 Å². The molecule has 2 rings (SSSR count). The first kappa shape index (κ1) is 17.1. The normalized spacial score (nSPS) is 14.2. The van der Waals surface area contributed by atoms with Crippen molar-refractivity contribution in [1.82, 2.24) is 25.3 Å². The van der Waals surface area contributed by atoms with Gasteiger partial charge in [0.15, 0.2) is 0 Å². The van der Waals surface area contributed by atoms with Crippen LogP contribution >= 0.6 is 0 Å². The van der Waals surface area contributed by atoms with Gasteiger partial charge in [0.1, 0.15) is 0 Å². The summed E-state index contributed by atoms with van der Waals surface area (Å²) < 4.78 is 1.46. The number of hydrogen-bond donors (Lipinski definition) is 2. The summed E-state index contributed by atoms with van der Waals surface area (Å²) in [5.41, 5.74) is 1.73. The van der Waals surface area contributed by atoms with Gasteiger partial charge in [-0.3, -0.25) is 19.3 Å². The maximum atomic E-state index is 11.9. The van der Waals surface area contributed by atoms with Crippen LogP contribution in [-0.2, 0) is 29.1 Å². The number of hydrogen-bond acceptors (Lipinski definition) is 5. The molecule has 1 aromatic rings. The first-order valence-electron chi connectivity index (χ1n) is 7.83. The highest BCUT2D eigenvalue weighted by atomic mass is 16.2. The van der Waals surface area contributed by atoms with Gasteiger partial charge in [0.25, 0.3) is 5.56 Å². The van der Waals surface area contributed by atoms with E-state index in [0.29, 0.717) is 26.2 Å². The second-order valence-corrected chi connectivity index (χ2v) is 5.56. The lowest BCUT2D eigenvalue weighted by Gasteiger charge is -2.27. The Morgan fingerprint density at radius 3 is 2.74 bits per heavy atom. The minimum atomic E-state index is -0.114. The van der Waals surface area contributed by atoms with Gasteiger partial charge in [0.05, 0.1) is 12.2 Å². The van der Waals surface area contributed by atoms with E-state index in [9.17, 15) is 14.4 Å². The summed E-state index contributed by atoms with van der Waals surface area (Å²) in [7, 11) is 0. The summed E-state index contributed by atoms with van der Waals surface area (Å²) in [6.07, 6.45) is 0.731. The van der Waals surface area contributed by atoms with Crippen LogP contribution in [0.3, 0.4) is 0 Å². The molecule has 8 heteroatoms. The predicted molar refractivity (Wildman–Crippen MR) is 84.8 cm³/mol. The van der Waals surface area contributed by atoms with E-state index in [1.807, 2.05) is 11.8 Å². The van der Waals surface area contributed by atoms with Crippen LogP contribution in [0.1, 0.15) is 25.1 Å². The highest BCUT2D eigenvalue weighted by molar-refractivity contribution is 5.78. The lowest BCUT2D eigenvalue weighted by Crippen LogP contribution is -2.42. The van der Waals surface area contributed by atoms with E-state index < -0.39 is 0 Å². The Kier molecular flexibility index (Phi) is 5.86. The van der Waals surface area contributed by atoms with Gasteiger partial charge in [-0.15, -0.1) is 0 Å². The second-order valence-electron chi connectivity index (χ2n) is 5.56. The third-order valence-corrected chi connectivity index (χ3v) is 3.71.